The summed E-state index contributed by atoms with van der Waals surface area (Å²) in [5.74, 6) is 1.66. The van der Waals surface area contributed by atoms with Crippen LogP contribution >= 0.6 is 11.6 Å². The predicted molar refractivity (Wildman–Crippen MR) is 156 cm³/mol. The van der Waals surface area contributed by atoms with Gasteiger partial charge in [-0.3, -0.25) is 0 Å². The highest BCUT2D eigenvalue weighted by Crippen LogP contribution is 2.38. The van der Waals surface area contributed by atoms with Crippen LogP contribution in [0.25, 0.3) is 22.4 Å². The topological polar surface area (TPSA) is 133 Å². The Labute approximate surface area is 243 Å². The molecule has 0 bridgehead atoms. The van der Waals surface area contributed by atoms with E-state index in [0.29, 0.717) is 67.5 Å². The minimum absolute atomic E-state index is 0.257. The largest absolute Gasteiger partial charge is 0.465 e. The van der Waals surface area contributed by atoms with Crippen molar-refractivity contribution in [3.05, 3.63) is 59.7 Å². The van der Waals surface area contributed by atoms with Gasteiger partial charge in [0.05, 0.1) is 22.3 Å². The fraction of sp³-hybridized carbons (Fsp3) is 0.467. The highest BCUT2D eigenvalue weighted by molar-refractivity contribution is 6.35. The molecular weight excluding hydrogens is 544 g/mol. The first-order chi connectivity index (χ1) is 19.9. The molecule has 0 radical (unpaired) electrons. The number of amides is 1. The van der Waals surface area contributed by atoms with Crippen LogP contribution in [-0.2, 0) is 16.7 Å². The van der Waals surface area contributed by atoms with E-state index in [1.54, 1.807) is 11.0 Å². The van der Waals surface area contributed by atoms with E-state index in [-0.39, 0.29) is 5.92 Å². The number of benzene rings is 2. The van der Waals surface area contributed by atoms with Gasteiger partial charge in [-0.25, -0.2) is 9.78 Å². The summed E-state index contributed by atoms with van der Waals surface area (Å²) in [7, 11) is 0. The van der Waals surface area contributed by atoms with E-state index in [0.717, 1.165) is 48.8 Å². The summed E-state index contributed by atoms with van der Waals surface area (Å²) in [6.45, 7) is 2.61. The summed E-state index contributed by atoms with van der Waals surface area (Å²) in [4.78, 5) is 23.4. The second kappa shape index (κ2) is 11.7. The highest BCUT2D eigenvalue weighted by atomic mass is 35.5. The van der Waals surface area contributed by atoms with Crippen molar-refractivity contribution in [1.82, 2.24) is 24.6 Å². The van der Waals surface area contributed by atoms with Gasteiger partial charge in [-0.15, -0.1) is 0 Å². The van der Waals surface area contributed by atoms with Gasteiger partial charge < -0.3 is 29.6 Å². The smallest absolute Gasteiger partial charge is 0.407 e. The number of hydrogen-bond donors (Lipinski definition) is 2. The lowest BCUT2D eigenvalue weighted by Crippen LogP contribution is -2.48. The van der Waals surface area contributed by atoms with Gasteiger partial charge in [-0.1, -0.05) is 53.5 Å². The van der Waals surface area contributed by atoms with Crippen molar-refractivity contribution in [2.24, 2.45) is 11.8 Å². The number of ether oxygens (including phenoxy) is 1. The zero-order chi connectivity index (χ0) is 28.4. The molecule has 1 saturated carbocycles. The number of hydrogen-bond acceptors (Lipinski definition) is 7. The van der Waals surface area contributed by atoms with Gasteiger partial charge >= 0.3 is 6.09 Å². The van der Waals surface area contributed by atoms with Crippen LogP contribution in [0.5, 0.6) is 0 Å². The number of nitrogen functional groups attached to an aromatic ring is 1. The van der Waals surface area contributed by atoms with E-state index in [1.165, 1.54) is 0 Å². The Bertz CT molecular complexity index is 1500. The molecule has 4 aromatic rings. The van der Waals surface area contributed by atoms with E-state index in [2.05, 4.69) is 14.7 Å². The molecular formula is C30H35ClN6O4. The summed E-state index contributed by atoms with van der Waals surface area (Å²) in [5, 5.41) is 15.1. The minimum Gasteiger partial charge on any atom is -0.465 e. The third-order valence-corrected chi connectivity index (χ3v) is 8.94. The van der Waals surface area contributed by atoms with Crippen LogP contribution < -0.4 is 5.73 Å². The summed E-state index contributed by atoms with van der Waals surface area (Å²) in [6, 6.07) is 13.3. The first kappa shape index (κ1) is 27.5. The number of rotatable bonds is 8. The number of aromatic nitrogens is 4. The number of halogens is 1. The summed E-state index contributed by atoms with van der Waals surface area (Å²) in [5.41, 5.74) is 8.62. The van der Waals surface area contributed by atoms with Crippen LogP contribution in [0.3, 0.4) is 0 Å². The van der Waals surface area contributed by atoms with Crippen molar-refractivity contribution in [3.8, 4) is 11.4 Å². The standard InChI is InChI=1S/C30H35ClN6O4/c31-24-14-23(32)15-25-26(24)33-19-37(25)17-21-6-4-5-20(13-21)16-36(29(38)39)18-30(9-11-40-12-10-30)28-34-27(35-41-28)22-7-2-1-3-8-22/h1-3,7-8,14-15,19-21H,4-6,9-13,16-18,32H2,(H,38,39)/t20?,21-/m0/s1. The lowest BCUT2D eigenvalue weighted by molar-refractivity contribution is 0.0180. The molecule has 10 nitrogen and oxygen atoms in total. The average Bonchev–Trinajstić information content (AvgIpc) is 3.63. The van der Waals surface area contributed by atoms with Crippen LogP contribution in [0.1, 0.15) is 44.4 Å². The van der Waals surface area contributed by atoms with Crippen molar-refractivity contribution in [1.29, 1.82) is 0 Å². The zero-order valence-corrected chi connectivity index (χ0v) is 23.7. The molecule has 3 heterocycles. The molecule has 41 heavy (non-hydrogen) atoms. The molecule has 6 rings (SSSR count). The molecule has 0 spiro atoms. The maximum atomic E-state index is 12.6. The van der Waals surface area contributed by atoms with Crippen molar-refractivity contribution in [2.75, 3.05) is 32.0 Å². The molecule has 1 aliphatic carbocycles. The zero-order valence-electron chi connectivity index (χ0n) is 22.9. The molecule has 3 N–H and O–H groups in total. The number of imidazole rings is 1. The second-order valence-electron chi connectivity index (χ2n) is 11.5. The van der Waals surface area contributed by atoms with E-state index >= 15 is 0 Å². The van der Waals surface area contributed by atoms with Crippen molar-refractivity contribution < 1.29 is 19.2 Å². The number of fused-ring (bicyclic) bond motifs is 1. The average molecular weight is 579 g/mol. The Morgan fingerprint density at radius 2 is 1.95 bits per heavy atom. The Hall–Kier alpha value is -3.63. The fourth-order valence-corrected chi connectivity index (χ4v) is 6.80. The van der Waals surface area contributed by atoms with Gasteiger partial charge in [-0.05, 0) is 56.1 Å². The Balaban J connectivity index is 1.17. The van der Waals surface area contributed by atoms with Crippen molar-refractivity contribution in [2.45, 2.75) is 50.5 Å². The number of anilines is 1. The van der Waals surface area contributed by atoms with E-state index in [4.69, 9.17) is 31.6 Å². The first-order valence-corrected chi connectivity index (χ1v) is 14.6. The molecule has 1 unspecified atom stereocenters. The highest BCUT2D eigenvalue weighted by Gasteiger charge is 2.43. The second-order valence-corrected chi connectivity index (χ2v) is 11.9. The molecule has 1 amide bonds. The van der Waals surface area contributed by atoms with Crippen molar-refractivity contribution >= 4 is 34.4 Å². The first-order valence-electron chi connectivity index (χ1n) is 14.3. The Morgan fingerprint density at radius 1 is 1.17 bits per heavy atom. The lowest BCUT2D eigenvalue weighted by atomic mass is 9.78. The maximum absolute atomic E-state index is 12.6. The Kier molecular flexibility index (Phi) is 7.86. The van der Waals surface area contributed by atoms with Gasteiger partial charge in [0.15, 0.2) is 0 Å². The number of carbonyl (C=O) groups is 1. The monoisotopic (exact) mass is 578 g/mol. The maximum Gasteiger partial charge on any atom is 0.407 e. The van der Waals surface area contributed by atoms with Gasteiger partial charge in [0, 0.05) is 44.1 Å². The quantitative estimate of drug-likeness (QED) is 0.249. The molecule has 2 aromatic carbocycles. The predicted octanol–water partition coefficient (Wildman–Crippen LogP) is 5.86. The molecule has 1 saturated heterocycles. The molecule has 2 aliphatic rings. The molecule has 11 heteroatoms. The van der Waals surface area contributed by atoms with E-state index in [1.807, 2.05) is 42.7 Å². The minimum atomic E-state index is -0.925. The van der Waals surface area contributed by atoms with Crippen molar-refractivity contribution in [3.63, 3.8) is 0 Å². The normalized spacial score (nSPS) is 20.7. The number of carboxylic acid groups (broad SMARTS) is 1. The molecule has 216 valence electrons. The molecule has 2 fully saturated rings. The molecule has 1 aliphatic heterocycles. The summed E-state index contributed by atoms with van der Waals surface area (Å²) < 4.78 is 13.6. The van der Waals surface area contributed by atoms with E-state index < -0.39 is 11.5 Å². The van der Waals surface area contributed by atoms with Crippen LogP contribution in [-0.4, -0.2) is 62.1 Å². The fourth-order valence-electron chi connectivity index (χ4n) is 6.53. The summed E-state index contributed by atoms with van der Waals surface area (Å²) in [6.07, 6.45) is 6.23. The van der Waals surface area contributed by atoms with Crippen LogP contribution in [0.15, 0.2) is 53.3 Å². The Morgan fingerprint density at radius 3 is 2.73 bits per heavy atom. The SMILES string of the molecule is Nc1cc(Cl)c2ncn(C[C@H]3CCCC(CN(CC4(c5nc(-c6ccccc6)no5)CCOCC4)C(=O)O)C3)c2c1. The third kappa shape index (κ3) is 5.90. The third-order valence-electron chi connectivity index (χ3n) is 8.65. The lowest BCUT2D eigenvalue weighted by Gasteiger charge is -2.39. The number of nitrogens with zero attached hydrogens (tertiary/aromatic N) is 5. The number of nitrogens with two attached hydrogens (primary N) is 1. The van der Waals surface area contributed by atoms with Crippen LogP contribution in [0.2, 0.25) is 5.02 Å². The van der Waals surface area contributed by atoms with E-state index in [9.17, 15) is 9.90 Å². The summed E-state index contributed by atoms with van der Waals surface area (Å²) >= 11 is 6.36. The van der Waals surface area contributed by atoms with Gasteiger partial charge in [0.1, 0.15) is 5.52 Å². The van der Waals surface area contributed by atoms with Crippen LogP contribution in [0.4, 0.5) is 10.5 Å². The van der Waals surface area contributed by atoms with Gasteiger partial charge in [-0.2, -0.15) is 4.98 Å². The van der Waals surface area contributed by atoms with Gasteiger partial charge in [0.25, 0.3) is 0 Å². The molecule has 2 atom stereocenters. The van der Waals surface area contributed by atoms with Crippen LogP contribution in [0, 0.1) is 11.8 Å². The van der Waals surface area contributed by atoms with Gasteiger partial charge in [0.2, 0.25) is 11.7 Å². The molecule has 2 aromatic heterocycles.